The van der Waals surface area contributed by atoms with E-state index >= 15 is 0 Å². The van der Waals surface area contributed by atoms with Crippen LogP contribution < -0.4 is 11.3 Å². The highest BCUT2D eigenvalue weighted by Gasteiger charge is 2.26. The van der Waals surface area contributed by atoms with Crippen LogP contribution in [0.5, 0.6) is 0 Å². The van der Waals surface area contributed by atoms with E-state index in [1.54, 1.807) is 0 Å². The third-order valence-electron chi connectivity index (χ3n) is 2.68. The van der Waals surface area contributed by atoms with Crippen LogP contribution in [-0.2, 0) is 7.05 Å². The van der Waals surface area contributed by atoms with Gasteiger partial charge >= 0.3 is 0 Å². The zero-order chi connectivity index (χ0) is 9.26. The van der Waals surface area contributed by atoms with Crippen molar-refractivity contribution in [1.82, 2.24) is 15.0 Å². The maximum Gasteiger partial charge on any atom is 0.0946 e. The Balaban J connectivity index is 2.06. The van der Waals surface area contributed by atoms with Crippen molar-refractivity contribution in [2.45, 2.75) is 25.3 Å². The lowest BCUT2D eigenvalue weighted by Crippen LogP contribution is -2.29. The van der Waals surface area contributed by atoms with Gasteiger partial charge in [0.25, 0.3) is 0 Å². The molecule has 0 aliphatic heterocycles. The van der Waals surface area contributed by atoms with Crippen LogP contribution in [0.2, 0.25) is 0 Å². The Morgan fingerprint density at radius 1 is 1.77 bits per heavy atom. The van der Waals surface area contributed by atoms with Gasteiger partial charge in [-0.3, -0.25) is 11.3 Å². The zero-order valence-electron chi connectivity index (χ0n) is 7.90. The molecule has 1 heterocycles. The Kier molecular flexibility index (Phi) is 2.33. The number of hydrazine groups is 1. The first kappa shape index (κ1) is 8.72. The number of hydrogen-bond donors (Lipinski definition) is 2. The second-order valence-electron chi connectivity index (χ2n) is 3.83. The standard InChI is InChI=1S/C9H16N4/c1-13-6-11-5-9(13)8(12-10)4-7-2-3-7/h5-8,12H,2-4,10H2,1H3. The van der Waals surface area contributed by atoms with Crippen LogP contribution in [0.25, 0.3) is 0 Å². The molecule has 1 fully saturated rings. The lowest BCUT2D eigenvalue weighted by Gasteiger charge is -2.15. The Morgan fingerprint density at radius 2 is 2.54 bits per heavy atom. The van der Waals surface area contributed by atoms with Crippen LogP contribution in [0.3, 0.4) is 0 Å². The van der Waals surface area contributed by atoms with Gasteiger partial charge in [-0.05, 0) is 12.3 Å². The second-order valence-corrected chi connectivity index (χ2v) is 3.83. The van der Waals surface area contributed by atoms with Crippen LogP contribution in [0.1, 0.15) is 31.0 Å². The van der Waals surface area contributed by atoms with E-state index in [4.69, 9.17) is 5.84 Å². The minimum absolute atomic E-state index is 0.264. The second kappa shape index (κ2) is 3.47. The number of nitrogens with zero attached hydrogens (tertiary/aromatic N) is 2. The topological polar surface area (TPSA) is 55.9 Å². The predicted molar refractivity (Wildman–Crippen MR) is 50.6 cm³/mol. The Bertz CT molecular complexity index is 277. The average Bonchev–Trinajstić information content (AvgIpc) is 2.85. The summed E-state index contributed by atoms with van der Waals surface area (Å²) in [5.74, 6) is 6.39. The first-order valence-corrected chi connectivity index (χ1v) is 4.73. The molecule has 0 radical (unpaired) electrons. The first-order valence-electron chi connectivity index (χ1n) is 4.73. The molecular formula is C9H16N4. The van der Waals surface area contributed by atoms with Gasteiger partial charge in [0.15, 0.2) is 0 Å². The van der Waals surface area contributed by atoms with E-state index in [9.17, 15) is 0 Å². The van der Waals surface area contributed by atoms with Crippen LogP contribution in [0.15, 0.2) is 12.5 Å². The van der Waals surface area contributed by atoms with Gasteiger partial charge in [0.2, 0.25) is 0 Å². The van der Waals surface area contributed by atoms with Crippen molar-refractivity contribution in [1.29, 1.82) is 0 Å². The highest BCUT2D eigenvalue weighted by molar-refractivity contribution is 5.05. The molecular weight excluding hydrogens is 164 g/mol. The summed E-state index contributed by atoms with van der Waals surface area (Å²) in [6.07, 6.45) is 7.54. The van der Waals surface area contributed by atoms with Gasteiger partial charge in [0.05, 0.1) is 18.1 Å². The fourth-order valence-electron chi connectivity index (χ4n) is 1.66. The van der Waals surface area contributed by atoms with Crippen LogP contribution >= 0.6 is 0 Å². The number of imidazole rings is 1. The fraction of sp³-hybridized carbons (Fsp3) is 0.667. The summed E-state index contributed by atoms with van der Waals surface area (Å²) in [6, 6.07) is 0.264. The predicted octanol–water partition coefficient (Wildman–Crippen LogP) is 0.725. The van der Waals surface area contributed by atoms with Crippen molar-refractivity contribution in [3.63, 3.8) is 0 Å². The molecule has 1 saturated carbocycles. The maximum atomic E-state index is 5.52. The Labute approximate surface area is 78.1 Å². The van der Waals surface area contributed by atoms with Gasteiger partial charge < -0.3 is 4.57 Å². The van der Waals surface area contributed by atoms with Gasteiger partial charge in [0.1, 0.15) is 0 Å². The van der Waals surface area contributed by atoms with E-state index in [1.807, 2.05) is 24.1 Å². The van der Waals surface area contributed by atoms with E-state index in [0.717, 1.165) is 12.3 Å². The normalized spacial score (nSPS) is 18.9. The highest BCUT2D eigenvalue weighted by Crippen LogP contribution is 2.37. The van der Waals surface area contributed by atoms with E-state index < -0.39 is 0 Å². The molecule has 0 bridgehead atoms. The summed E-state index contributed by atoms with van der Waals surface area (Å²) in [7, 11) is 2.00. The van der Waals surface area contributed by atoms with Crippen molar-refractivity contribution in [3.05, 3.63) is 18.2 Å². The van der Waals surface area contributed by atoms with E-state index in [2.05, 4.69) is 10.4 Å². The molecule has 4 nitrogen and oxygen atoms in total. The molecule has 1 aliphatic rings. The van der Waals surface area contributed by atoms with Gasteiger partial charge in [0, 0.05) is 13.2 Å². The number of aromatic nitrogens is 2. The lowest BCUT2D eigenvalue weighted by molar-refractivity contribution is 0.465. The molecule has 0 amide bonds. The Hall–Kier alpha value is -0.870. The van der Waals surface area contributed by atoms with E-state index in [0.29, 0.717) is 0 Å². The number of hydrogen-bond acceptors (Lipinski definition) is 3. The third-order valence-corrected chi connectivity index (χ3v) is 2.68. The molecule has 72 valence electrons. The molecule has 1 aromatic heterocycles. The van der Waals surface area contributed by atoms with Crippen molar-refractivity contribution in [3.8, 4) is 0 Å². The van der Waals surface area contributed by atoms with Gasteiger partial charge in [-0.15, -0.1) is 0 Å². The van der Waals surface area contributed by atoms with Gasteiger partial charge in [-0.25, -0.2) is 4.98 Å². The number of aryl methyl sites for hydroxylation is 1. The lowest BCUT2D eigenvalue weighted by atomic mass is 10.1. The molecule has 2 rings (SSSR count). The number of nitrogens with one attached hydrogen (secondary N) is 1. The average molecular weight is 180 g/mol. The largest absolute Gasteiger partial charge is 0.336 e. The summed E-state index contributed by atoms with van der Waals surface area (Å²) in [6.45, 7) is 0. The molecule has 1 aromatic rings. The van der Waals surface area contributed by atoms with Gasteiger partial charge in [-0.1, -0.05) is 12.8 Å². The third kappa shape index (κ3) is 1.89. The summed E-state index contributed by atoms with van der Waals surface area (Å²) < 4.78 is 2.02. The number of rotatable bonds is 4. The number of nitrogens with two attached hydrogens (primary N) is 1. The first-order chi connectivity index (χ1) is 6.31. The molecule has 13 heavy (non-hydrogen) atoms. The molecule has 3 N–H and O–H groups in total. The van der Waals surface area contributed by atoms with Crippen LogP contribution in [0.4, 0.5) is 0 Å². The molecule has 0 aromatic carbocycles. The van der Waals surface area contributed by atoms with Gasteiger partial charge in [-0.2, -0.15) is 0 Å². The fourth-order valence-corrected chi connectivity index (χ4v) is 1.66. The molecule has 0 spiro atoms. The van der Waals surface area contributed by atoms with Crippen molar-refractivity contribution >= 4 is 0 Å². The van der Waals surface area contributed by atoms with Crippen molar-refractivity contribution < 1.29 is 0 Å². The minimum atomic E-state index is 0.264. The van der Waals surface area contributed by atoms with Crippen molar-refractivity contribution in [2.24, 2.45) is 18.8 Å². The highest BCUT2D eigenvalue weighted by atomic mass is 15.2. The minimum Gasteiger partial charge on any atom is -0.336 e. The Morgan fingerprint density at radius 3 is 3.00 bits per heavy atom. The summed E-state index contributed by atoms with van der Waals surface area (Å²) in [5, 5.41) is 0. The molecule has 0 saturated heterocycles. The quantitative estimate of drug-likeness (QED) is 0.530. The molecule has 4 heteroatoms. The van der Waals surface area contributed by atoms with Crippen LogP contribution in [-0.4, -0.2) is 9.55 Å². The van der Waals surface area contributed by atoms with Crippen LogP contribution in [0, 0.1) is 5.92 Å². The molecule has 1 atom stereocenters. The zero-order valence-corrected chi connectivity index (χ0v) is 7.90. The molecule has 1 aliphatic carbocycles. The maximum absolute atomic E-state index is 5.52. The monoisotopic (exact) mass is 180 g/mol. The molecule has 1 unspecified atom stereocenters. The summed E-state index contributed by atoms with van der Waals surface area (Å²) in [4.78, 5) is 4.09. The SMILES string of the molecule is Cn1cncc1C(CC1CC1)NN. The summed E-state index contributed by atoms with van der Waals surface area (Å²) >= 11 is 0. The summed E-state index contributed by atoms with van der Waals surface area (Å²) in [5.41, 5.74) is 4.03. The van der Waals surface area contributed by atoms with Crippen molar-refractivity contribution in [2.75, 3.05) is 0 Å². The van der Waals surface area contributed by atoms with E-state index in [1.165, 1.54) is 18.5 Å². The van der Waals surface area contributed by atoms with E-state index in [-0.39, 0.29) is 6.04 Å². The smallest absolute Gasteiger partial charge is 0.0946 e.